The van der Waals surface area contributed by atoms with Crippen molar-refractivity contribution in [3.63, 3.8) is 0 Å². The van der Waals surface area contributed by atoms with Gasteiger partial charge in [0.15, 0.2) is 8.32 Å². The fourth-order valence-corrected chi connectivity index (χ4v) is 9.98. The average Bonchev–Trinajstić information content (AvgIpc) is 3.08. The van der Waals surface area contributed by atoms with Crippen molar-refractivity contribution in [2.45, 2.75) is 125 Å². The maximum atomic E-state index is 14.8. The summed E-state index contributed by atoms with van der Waals surface area (Å²) in [7, 11) is -3.95. The molecule has 56 heavy (non-hydrogen) atoms. The van der Waals surface area contributed by atoms with Crippen LogP contribution in [0.5, 0.6) is 5.75 Å². The van der Waals surface area contributed by atoms with Gasteiger partial charge < -0.3 is 14.3 Å². The fourth-order valence-electron chi connectivity index (χ4n) is 5.51. The van der Waals surface area contributed by atoms with Crippen LogP contribution in [0.25, 0.3) is 0 Å². The SMILES string of the molecule is C/C(=C\C[C@H](C)[C@H](O)c1ccc(OCCO[Si](CCC(F)(F)C(F)(F)C(F)(F)C(F)(F)C(F)(F)C(F)(F)C(F)(F)C(F)(F)F)(C(C)C)C(C)C)cc1)C(=O)NO. The van der Waals surface area contributed by atoms with Gasteiger partial charge in [0.2, 0.25) is 0 Å². The number of ether oxygens (including phenoxy) is 1. The molecule has 24 heteroatoms. The Morgan fingerprint density at radius 3 is 1.55 bits per heavy atom. The van der Waals surface area contributed by atoms with E-state index in [1.165, 1.54) is 70.4 Å². The molecule has 1 amide bonds. The maximum Gasteiger partial charge on any atom is 0.460 e. The third-order valence-electron chi connectivity index (χ3n) is 9.31. The number of carbonyl (C=O) groups is 1. The zero-order valence-electron chi connectivity index (χ0n) is 30.3. The number of amides is 1. The Morgan fingerprint density at radius 1 is 0.714 bits per heavy atom. The van der Waals surface area contributed by atoms with Gasteiger partial charge in [-0.3, -0.25) is 10.0 Å². The molecule has 326 valence electrons. The summed E-state index contributed by atoms with van der Waals surface area (Å²) in [6.07, 6.45) is -9.70. The second-order valence-electron chi connectivity index (χ2n) is 13.7. The van der Waals surface area contributed by atoms with E-state index < -0.39 is 104 Å². The van der Waals surface area contributed by atoms with Crippen molar-refractivity contribution in [2.24, 2.45) is 5.92 Å². The highest BCUT2D eigenvalue weighted by atomic mass is 28.4. The molecule has 3 N–H and O–H groups in total. The molecule has 0 aromatic heterocycles. The van der Waals surface area contributed by atoms with E-state index in [-0.39, 0.29) is 24.4 Å². The second-order valence-corrected chi connectivity index (χ2v) is 18.7. The van der Waals surface area contributed by atoms with E-state index in [4.69, 9.17) is 14.4 Å². The molecule has 0 radical (unpaired) electrons. The Hall–Kier alpha value is -2.86. The molecule has 0 saturated carbocycles. The molecule has 2 atom stereocenters. The lowest BCUT2D eigenvalue weighted by Crippen LogP contribution is -2.74. The Kier molecular flexibility index (Phi) is 16.0. The van der Waals surface area contributed by atoms with Crippen LogP contribution in [0.15, 0.2) is 35.9 Å². The molecular weight excluding hydrogens is 829 g/mol. The van der Waals surface area contributed by atoms with Crippen molar-refractivity contribution in [2.75, 3.05) is 13.2 Å². The van der Waals surface area contributed by atoms with Crippen LogP contribution >= 0.6 is 0 Å². The molecule has 0 saturated heterocycles. The molecule has 6 nitrogen and oxygen atoms in total. The van der Waals surface area contributed by atoms with Gasteiger partial charge in [-0.1, -0.05) is 52.8 Å². The van der Waals surface area contributed by atoms with Crippen molar-refractivity contribution in [1.29, 1.82) is 0 Å². The smallest absolute Gasteiger partial charge is 0.460 e. The summed E-state index contributed by atoms with van der Waals surface area (Å²) < 4.78 is 245. The summed E-state index contributed by atoms with van der Waals surface area (Å²) in [5, 5.41) is 19.3. The first-order valence-corrected chi connectivity index (χ1v) is 18.6. The quantitative estimate of drug-likeness (QED) is 0.0286. The van der Waals surface area contributed by atoms with Gasteiger partial charge in [-0.2, -0.15) is 74.6 Å². The minimum atomic E-state index is -8.68. The molecule has 0 fully saturated rings. The van der Waals surface area contributed by atoms with Crippen LogP contribution in [0.4, 0.5) is 74.6 Å². The van der Waals surface area contributed by atoms with Crippen molar-refractivity contribution in [3.05, 3.63) is 41.5 Å². The fraction of sp³-hybridized carbons (Fsp3) is 0.719. The van der Waals surface area contributed by atoms with E-state index in [0.29, 0.717) is 5.56 Å². The summed E-state index contributed by atoms with van der Waals surface area (Å²) >= 11 is 0. The number of hydrogen-bond donors (Lipinski definition) is 3. The molecule has 0 heterocycles. The summed E-state index contributed by atoms with van der Waals surface area (Å²) in [6, 6.07) is 4.38. The lowest BCUT2D eigenvalue weighted by Gasteiger charge is -2.44. The number of hydroxylamine groups is 1. The molecule has 0 aliphatic carbocycles. The van der Waals surface area contributed by atoms with Crippen LogP contribution in [-0.4, -0.2) is 85.4 Å². The van der Waals surface area contributed by atoms with Gasteiger partial charge in [-0.15, -0.1) is 0 Å². The van der Waals surface area contributed by atoms with Crippen molar-refractivity contribution in [1.82, 2.24) is 5.48 Å². The normalized spacial score (nSPS) is 16.0. The first-order valence-electron chi connectivity index (χ1n) is 16.4. The average molecular weight is 870 g/mol. The maximum absolute atomic E-state index is 14.8. The monoisotopic (exact) mass is 869 g/mol. The highest BCUT2D eigenvalue weighted by Crippen LogP contribution is 2.64. The van der Waals surface area contributed by atoms with E-state index in [1.807, 2.05) is 0 Å². The summed E-state index contributed by atoms with van der Waals surface area (Å²) in [6.45, 7) is 7.49. The van der Waals surface area contributed by atoms with Crippen LogP contribution in [0, 0.1) is 5.92 Å². The molecule has 1 aromatic rings. The highest BCUT2D eigenvalue weighted by Gasteiger charge is 2.95. The Labute approximate surface area is 310 Å². The zero-order valence-corrected chi connectivity index (χ0v) is 31.3. The van der Waals surface area contributed by atoms with E-state index in [2.05, 4.69) is 0 Å². The van der Waals surface area contributed by atoms with Gasteiger partial charge in [0.05, 0.1) is 12.7 Å². The molecule has 1 aromatic carbocycles. The molecule has 1 rings (SSSR count). The van der Waals surface area contributed by atoms with Crippen LogP contribution in [-0.2, 0) is 9.22 Å². The van der Waals surface area contributed by atoms with E-state index in [1.54, 1.807) is 6.92 Å². The summed E-state index contributed by atoms with van der Waals surface area (Å²) in [5.41, 5.74) is 0.331. The van der Waals surface area contributed by atoms with E-state index >= 15 is 0 Å². The predicted octanol–water partition coefficient (Wildman–Crippen LogP) is 10.8. The third-order valence-corrected chi connectivity index (χ3v) is 15.0. The van der Waals surface area contributed by atoms with Crippen molar-refractivity contribution in [3.8, 4) is 5.75 Å². The molecule has 0 bridgehead atoms. The largest absolute Gasteiger partial charge is 0.491 e. The number of alkyl halides is 17. The lowest BCUT2D eigenvalue weighted by atomic mass is 9.88. The highest BCUT2D eigenvalue weighted by molar-refractivity contribution is 6.76. The topological polar surface area (TPSA) is 88.0 Å². The Bertz CT molecular complexity index is 1480. The van der Waals surface area contributed by atoms with Gasteiger partial charge >= 0.3 is 47.6 Å². The molecule has 0 aliphatic rings. The van der Waals surface area contributed by atoms with Crippen LogP contribution in [0.3, 0.4) is 0 Å². The molecular formula is C32H40F17NO5Si. The van der Waals surface area contributed by atoms with Crippen LogP contribution < -0.4 is 10.2 Å². The first kappa shape index (κ1) is 51.2. The van der Waals surface area contributed by atoms with Gasteiger partial charge in [0.1, 0.15) is 12.4 Å². The third kappa shape index (κ3) is 9.53. The number of nitrogens with one attached hydrogen (secondary N) is 1. The second kappa shape index (κ2) is 17.6. The van der Waals surface area contributed by atoms with E-state index in [0.717, 1.165) is 0 Å². The number of carbonyl (C=O) groups excluding carboxylic acids is 1. The number of allylic oxidation sites excluding steroid dienone is 1. The number of aliphatic hydroxyl groups is 1. The number of rotatable bonds is 21. The first-order chi connectivity index (χ1) is 25.0. The predicted molar refractivity (Wildman–Crippen MR) is 166 cm³/mol. The van der Waals surface area contributed by atoms with E-state index in [9.17, 15) is 84.5 Å². The molecule has 0 unspecified atom stereocenters. The van der Waals surface area contributed by atoms with Crippen LogP contribution in [0.2, 0.25) is 17.1 Å². The summed E-state index contributed by atoms with van der Waals surface area (Å²) in [4.78, 5) is 11.4. The Morgan fingerprint density at radius 2 is 1.14 bits per heavy atom. The van der Waals surface area contributed by atoms with Gasteiger partial charge in [0.25, 0.3) is 5.91 Å². The number of aliphatic hydroxyl groups excluding tert-OH is 1. The number of hydrogen-bond acceptors (Lipinski definition) is 5. The van der Waals surface area contributed by atoms with Crippen molar-refractivity contribution >= 4 is 14.2 Å². The van der Waals surface area contributed by atoms with Crippen LogP contribution in [0.1, 0.15) is 66.1 Å². The minimum Gasteiger partial charge on any atom is -0.491 e. The lowest BCUT2D eigenvalue weighted by molar-refractivity contribution is -0.461. The van der Waals surface area contributed by atoms with Gasteiger partial charge in [-0.25, -0.2) is 5.48 Å². The molecule has 0 spiro atoms. The number of halogens is 17. The Balaban J connectivity index is 3.20. The minimum absolute atomic E-state index is 0.152. The number of benzene rings is 1. The summed E-state index contributed by atoms with van der Waals surface area (Å²) in [5.74, 6) is -57.7. The van der Waals surface area contributed by atoms with Gasteiger partial charge in [-0.05, 0) is 54.1 Å². The van der Waals surface area contributed by atoms with Gasteiger partial charge in [0, 0.05) is 12.0 Å². The van der Waals surface area contributed by atoms with Crippen molar-refractivity contribution < 1.29 is 98.9 Å². The molecule has 0 aliphatic heterocycles. The zero-order chi connectivity index (χ0) is 44.3. The standard InChI is InChI=1S/C32H40F17NO5Si/c1-17(2)56(18(3)4,55-15-14-54-22-11-9-21(10-12-22)23(51)19(5)7-8-20(6)24(52)50-53)16-13-25(33,34)26(35,36)27(37,38)28(39,40)29(41,42)30(43,44)31(45,46)32(47,48)49/h8-12,17-19,23,51,53H,7,13-16H2,1-6H3,(H,50,52)/b20-8+/t19-,23-/m0/s1.